The van der Waals surface area contributed by atoms with Gasteiger partial charge in [-0.25, -0.2) is 4.98 Å². The van der Waals surface area contributed by atoms with Crippen LogP contribution in [0.15, 0.2) is 42.5 Å². The van der Waals surface area contributed by atoms with Gasteiger partial charge in [0, 0.05) is 13.6 Å². The third kappa shape index (κ3) is 3.71. The highest BCUT2D eigenvalue weighted by atomic mass is 35.5. The number of halogens is 2. The molecule has 2 rings (SSSR count). The van der Waals surface area contributed by atoms with E-state index in [-0.39, 0.29) is 16.8 Å². The zero-order valence-electron chi connectivity index (χ0n) is 11.0. The van der Waals surface area contributed by atoms with Crippen molar-refractivity contribution in [3.8, 4) is 0 Å². The number of aromatic nitrogens is 1. The molecular formula is C15H14Cl2N2O. The van der Waals surface area contributed by atoms with Gasteiger partial charge in [0.1, 0.15) is 10.8 Å². The molecule has 3 nitrogen and oxygen atoms in total. The van der Waals surface area contributed by atoms with E-state index in [4.69, 9.17) is 23.2 Å². The second kappa shape index (κ2) is 6.73. The summed E-state index contributed by atoms with van der Waals surface area (Å²) in [6, 6.07) is 13.1. The van der Waals surface area contributed by atoms with Crippen LogP contribution in [-0.4, -0.2) is 29.4 Å². The maximum absolute atomic E-state index is 12.3. The molecule has 0 spiro atoms. The minimum absolute atomic E-state index is 0.190. The van der Waals surface area contributed by atoms with Gasteiger partial charge in [0.2, 0.25) is 0 Å². The fourth-order valence-corrected chi connectivity index (χ4v) is 2.13. The van der Waals surface area contributed by atoms with E-state index < -0.39 is 0 Å². The first-order chi connectivity index (χ1) is 9.58. The summed E-state index contributed by atoms with van der Waals surface area (Å²) in [6.45, 7) is 0.591. The molecular weight excluding hydrogens is 295 g/mol. The van der Waals surface area contributed by atoms with Crippen LogP contribution in [0.2, 0.25) is 10.2 Å². The van der Waals surface area contributed by atoms with Gasteiger partial charge >= 0.3 is 0 Å². The third-order valence-corrected chi connectivity index (χ3v) is 3.46. The van der Waals surface area contributed by atoms with Crippen LogP contribution in [0, 0.1) is 0 Å². The second-order valence-corrected chi connectivity index (χ2v) is 5.22. The fourth-order valence-electron chi connectivity index (χ4n) is 1.79. The number of carbonyl (C=O) groups is 1. The summed E-state index contributed by atoms with van der Waals surface area (Å²) >= 11 is 11.8. The average molecular weight is 309 g/mol. The minimum Gasteiger partial charge on any atom is -0.340 e. The van der Waals surface area contributed by atoms with Crippen molar-refractivity contribution in [1.82, 2.24) is 9.88 Å². The van der Waals surface area contributed by atoms with E-state index in [1.165, 1.54) is 5.56 Å². The van der Waals surface area contributed by atoms with Crippen molar-refractivity contribution in [2.75, 3.05) is 13.6 Å². The van der Waals surface area contributed by atoms with Gasteiger partial charge in [0.25, 0.3) is 5.91 Å². The van der Waals surface area contributed by atoms with Gasteiger partial charge in [-0.15, -0.1) is 0 Å². The largest absolute Gasteiger partial charge is 0.340 e. The van der Waals surface area contributed by atoms with Crippen molar-refractivity contribution >= 4 is 29.1 Å². The smallest absolute Gasteiger partial charge is 0.273 e. The molecule has 0 radical (unpaired) electrons. The Kier molecular flexibility index (Phi) is 4.99. The maximum Gasteiger partial charge on any atom is 0.273 e. The summed E-state index contributed by atoms with van der Waals surface area (Å²) in [5, 5.41) is 0.570. The summed E-state index contributed by atoms with van der Waals surface area (Å²) < 4.78 is 0. The molecule has 0 saturated heterocycles. The standard InChI is InChI=1S/C15H14Cl2N2O/c1-19(10-9-11-5-3-2-4-6-11)15(20)14-12(16)7-8-13(17)18-14/h2-8H,9-10H2,1H3. The van der Waals surface area contributed by atoms with Crippen molar-refractivity contribution in [3.63, 3.8) is 0 Å². The monoisotopic (exact) mass is 308 g/mol. The van der Waals surface area contributed by atoms with Gasteiger partial charge in [-0.2, -0.15) is 0 Å². The molecule has 0 aliphatic carbocycles. The highest BCUT2D eigenvalue weighted by Gasteiger charge is 2.17. The topological polar surface area (TPSA) is 33.2 Å². The van der Waals surface area contributed by atoms with Crippen molar-refractivity contribution in [2.24, 2.45) is 0 Å². The van der Waals surface area contributed by atoms with E-state index in [0.717, 1.165) is 6.42 Å². The first-order valence-electron chi connectivity index (χ1n) is 6.19. The normalized spacial score (nSPS) is 10.3. The summed E-state index contributed by atoms with van der Waals surface area (Å²) in [5.41, 5.74) is 1.37. The lowest BCUT2D eigenvalue weighted by Gasteiger charge is -2.17. The van der Waals surface area contributed by atoms with Crippen molar-refractivity contribution in [3.05, 3.63) is 63.9 Å². The number of pyridine rings is 1. The molecule has 0 saturated carbocycles. The number of hydrogen-bond acceptors (Lipinski definition) is 2. The van der Waals surface area contributed by atoms with Gasteiger partial charge in [-0.05, 0) is 24.1 Å². The highest BCUT2D eigenvalue weighted by Crippen LogP contribution is 2.18. The van der Waals surface area contributed by atoms with Gasteiger partial charge in [0.05, 0.1) is 5.02 Å². The number of likely N-dealkylation sites (N-methyl/N-ethyl adjacent to an activating group) is 1. The Labute approximate surface area is 128 Å². The molecule has 0 fully saturated rings. The van der Waals surface area contributed by atoms with Crippen LogP contribution in [0.3, 0.4) is 0 Å². The van der Waals surface area contributed by atoms with E-state index in [0.29, 0.717) is 11.6 Å². The molecule has 1 aromatic heterocycles. The number of nitrogens with zero attached hydrogens (tertiary/aromatic N) is 2. The Morgan fingerprint density at radius 2 is 1.85 bits per heavy atom. The lowest BCUT2D eigenvalue weighted by molar-refractivity contribution is 0.0791. The summed E-state index contributed by atoms with van der Waals surface area (Å²) in [7, 11) is 1.73. The predicted molar refractivity (Wildman–Crippen MR) is 81.4 cm³/mol. The molecule has 0 unspecified atom stereocenters. The van der Waals surface area contributed by atoms with Crippen LogP contribution in [0.1, 0.15) is 16.1 Å². The van der Waals surface area contributed by atoms with Crippen LogP contribution < -0.4 is 0 Å². The lowest BCUT2D eigenvalue weighted by atomic mass is 10.1. The summed E-state index contributed by atoms with van der Waals surface area (Å²) in [4.78, 5) is 17.8. The number of hydrogen-bond donors (Lipinski definition) is 0. The number of benzene rings is 1. The zero-order valence-corrected chi connectivity index (χ0v) is 12.5. The van der Waals surface area contributed by atoms with Crippen LogP contribution >= 0.6 is 23.2 Å². The first-order valence-corrected chi connectivity index (χ1v) is 6.95. The van der Waals surface area contributed by atoms with Crippen LogP contribution in [0.4, 0.5) is 0 Å². The molecule has 20 heavy (non-hydrogen) atoms. The van der Waals surface area contributed by atoms with E-state index in [1.807, 2.05) is 30.3 Å². The maximum atomic E-state index is 12.3. The summed E-state index contributed by atoms with van der Waals surface area (Å²) in [6.07, 6.45) is 0.779. The molecule has 0 aliphatic heterocycles. The fraction of sp³-hybridized carbons (Fsp3) is 0.200. The SMILES string of the molecule is CN(CCc1ccccc1)C(=O)c1nc(Cl)ccc1Cl. The molecule has 0 N–H and O–H groups in total. The average Bonchev–Trinajstić information content (AvgIpc) is 2.47. The predicted octanol–water partition coefficient (Wildman–Crippen LogP) is 3.70. The van der Waals surface area contributed by atoms with Gasteiger partial charge in [-0.3, -0.25) is 4.79 Å². The molecule has 2 aromatic rings. The second-order valence-electron chi connectivity index (χ2n) is 4.43. The Bertz CT molecular complexity index is 602. The van der Waals surface area contributed by atoms with E-state index in [2.05, 4.69) is 4.98 Å². The van der Waals surface area contributed by atoms with Crippen molar-refractivity contribution in [2.45, 2.75) is 6.42 Å². The first kappa shape index (κ1) is 14.8. The molecule has 0 bridgehead atoms. The van der Waals surface area contributed by atoms with Crippen molar-refractivity contribution in [1.29, 1.82) is 0 Å². The van der Waals surface area contributed by atoms with Crippen LogP contribution in [0.25, 0.3) is 0 Å². The number of rotatable bonds is 4. The zero-order chi connectivity index (χ0) is 14.5. The lowest BCUT2D eigenvalue weighted by Crippen LogP contribution is -2.29. The molecule has 1 amide bonds. The Morgan fingerprint density at radius 1 is 1.15 bits per heavy atom. The molecule has 1 heterocycles. The van der Waals surface area contributed by atoms with Crippen LogP contribution in [0.5, 0.6) is 0 Å². The van der Waals surface area contributed by atoms with Crippen molar-refractivity contribution < 1.29 is 4.79 Å². The molecule has 0 atom stereocenters. The van der Waals surface area contributed by atoms with Gasteiger partial charge in [-0.1, -0.05) is 53.5 Å². The third-order valence-electron chi connectivity index (χ3n) is 2.94. The molecule has 104 valence electrons. The minimum atomic E-state index is -0.228. The van der Waals surface area contributed by atoms with Crippen LogP contribution in [-0.2, 0) is 6.42 Å². The summed E-state index contributed by atoms with van der Waals surface area (Å²) in [5.74, 6) is -0.228. The van der Waals surface area contributed by atoms with Gasteiger partial charge in [0.15, 0.2) is 0 Å². The number of carbonyl (C=O) groups excluding carboxylic acids is 1. The Morgan fingerprint density at radius 3 is 2.55 bits per heavy atom. The highest BCUT2D eigenvalue weighted by molar-refractivity contribution is 6.34. The van der Waals surface area contributed by atoms with E-state index in [1.54, 1.807) is 24.1 Å². The van der Waals surface area contributed by atoms with E-state index >= 15 is 0 Å². The molecule has 1 aromatic carbocycles. The van der Waals surface area contributed by atoms with Gasteiger partial charge < -0.3 is 4.90 Å². The molecule has 0 aliphatic rings. The number of amides is 1. The Hall–Kier alpha value is -1.58. The van der Waals surface area contributed by atoms with E-state index in [9.17, 15) is 4.79 Å². The Balaban J connectivity index is 2.03. The molecule has 5 heteroatoms. The quantitative estimate of drug-likeness (QED) is 0.807.